The van der Waals surface area contributed by atoms with E-state index in [0.717, 1.165) is 30.8 Å². The summed E-state index contributed by atoms with van der Waals surface area (Å²) in [5, 5.41) is 3.08. The van der Waals surface area contributed by atoms with Gasteiger partial charge in [-0.15, -0.1) is 0 Å². The van der Waals surface area contributed by atoms with Crippen molar-refractivity contribution in [3.05, 3.63) is 12.2 Å². The van der Waals surface area contributed by atoms with Crippen LogP contribution in [-0.4, -0.2) is 23.5 Å². The molecule has 3 heteroatoms. The summed E-state index contributed by atoms with van der Waals surface area (Å²) in [6.07, 6.45) is 8.39. The van der Waals surface area contributed by atoms with E-state index in [1.54, 1.807) is 0 Å². The van der Waals surface area contributed by atoms with Crippen molar-refractivity contribution in [2.24, 2.45) is 5.92 Å². The van der Waals surface area contributed by atoms with Crippen LogP contribution in [0.4, 0.5) is 0 Å². The third kappa shape index (κ3) is 5.59. The van der Waals surface area contributed by atoms with Gasteiger partial charge in [-0.05, 0) is 43.6 Å². The number of carbonyl (C=O) groups excluding carboxylic acids is 1. The van der Waals surface area contributed by atoms with Crippen LogP contribution in [0.1, 0.15) is 39.5 Å². The Morgan fingerprint density at radius 1 is 1.62 bits per heavy atom. The first kappa shape index (κ1) is 13.6. The third-order valence-corrected chi connectivity index (χ3v) is 3.80. The van der Waals surface area contributed by atoms with Crippen molar-refractivity contribution < 1.29 is 4.79 Å². The number of carbonyl (C=O) groups is 1. The molecule has 2 nitrogen and oxygen atoms in total. The predicted octanol–water partition coefficient (Wildman–Crippen LogP) is 2.99. The summed E-state index contributed by atoms with van der Waals surface area (Å²) in [6, 6.07) is 0.317. The first-order valence-electron chi connectivity index (χ1n) is 6.26. The third-order valence-electron chi connectivity index (χ3n) is 2.87. The summed E-state index contributed by atoms with van der Waals surface area (Å²) in [7, 11) is 0. The van der Waals surface area contributed by atoms with Crippen LogP contribution in [0.2, 0.25) is 0 Å². The number of hydrogen-bond acceptors (Lipinski definition) is 2. The van der Waals surface area contributed by atoms with Crippen molar-refractivity contribution >= 4 is 17.7 Å². The van der Waals surface area contributed by atoms with E-state index in [4.69, 9.17) is 0 Å². The van der Waals surface area contributed by atoms with Gasteiger partial charge in [0, 0.05) is 12.5 Å². The number of allylic oxidation sites excluding steroid dienone is 2. The lowest BCUT2D eigenvalue weighted by atomic mass is 10.0. The molecule has 1 rings (SSSR count). The van der Waals surface area contributed by atoms with Crippen LogP contribution in [0.3, 0.4) is 0 Å². The van der Waals surface area contributed by atoms with Gasteiger partial charge in [0.1, 0.15) is 0 Å². The summed E-state index contributed by atoms with van der Waals surface area (Å²) in [5.41, 5.74) is 0. The molecule has 0 aromatic rings. The lowest BCUT2D eigenvalue weighted by molar-refractivity contribution is -0.122. The zero-order valence-electron chi connectivity index (χ0n) is 10.4. The highest BCUT2D eigenvalue weighted by atomic mass is 32.2. The number of hydrogen-bond donors (Lipinski definition) is 1. The lowest BCUT2D eigenvalue weighted by Gasteiger charge is -2.15. The minimum absolute atomic E-state index is 0.213. The number of amides is 1. The number of nitrogens with one attached hydrogen (secondary N) is 1. The molecule has 0 heterocycles. The normalized spacial score (nSPS) is 21.0. The Balaban J connectivity index is 2.10. The fourth-order valence-electron chi connectivity index (χ4n) is 1.91. The minimum Gasteiger partial charge on any atom is -0.354 e. The summed E-state index contributed by atoms with van der Waals surface area (Å²) >= 11 is 1.93. The van der Waals surface area contributed by atoms with Crippen LogP contribution >= 0.6 is 11.8 Å². The Bertz CT molecular complexity index is 240. The van der Waals surface area contributed by atoms with Gasteiger partial charge in [-0.2, -0.15) is 11.8 Å². The van der Waals surface area contributed by atoms with Crippen molar-refractivity contribution in [2.75, 3.05) is 11.5 Å². The molecule has 1 amide bonds. The maximum Gasteiger partial charge on any atom is 0.220 e. The Hall–Kier alpha value is -0.440. The molecule has 0 spiro atoms. The summed E-state index contributed by atoms with van der Waals surface area (Å²) in [6.45, 7) is 4.26. The van der Waals surface area contributed by atoms with Gasteiger partial charge in [-0.3, -0.25) is 4.79 Å². The molecular weight excluding hydrogens is 218 g/mol. The molecule has 1 aliphatic carbocycles. The SMILES string of the molecule is CCSCC[C@H](C)NC(=O)C[C@@H]1C=CCC1. The molecule has 0 saturated carbocycles. The highest BCUT2D eigenvalue weighted by Crippen LogP contribution is 2.20. The topological polar surface area (TPSA) is 29.1 Å². The van der Waals surface area contributed by atoms with E-state index in [-0.39, 0.29) is 5.91 Å². The van der Waals surface area contributed by atoms with Gasteiger partial charge in [-0.25, -0.2) is 0 Å². The second-order valence-corrected chi connectivity index (χ2v) is 5.82. The molecule has 0 aromatic carbocycles. The monoisotopic (exact) mass is 241 g/mol. The Morgan fingerprint density at radius 2 is 2.44 bits per heavy atom. The highest BCUT2D eigenvalue weighted by molar-refractivity contribution is 7.99. The molecule has 1 N–H and O–H groups in total. The van der Waals surface area contributed by atoms with Gasteiger partial charge in [0.2, 0.25) is 5.91 Å². The Kier molecular flexibility index (Phi) is 6.62. The lowest BCUT2D eigenvalue weighted by Crippen LogP contribution is -2.33. The van der Waals surface area contributed by atoms with E-state index in [2.05, 4.69) is 31.3 Å². The van der Waals surface area contributed by atoms with Gasteiger partial charge >= 0.3 is 0 Å². The minimum atomic E-state index is 0.213. The van der Waals surface area contributed by atoms with Gasteiger partial charge < -0.3 is 5.32 Å². The van der Waals surface area contributed by atoms with Crippen molar-refractivity contribution in [1.29, 1.82) is 0 Å². The van der Waals surface area contributed by atoms with E-state index >= 15 is 0 Å². The summed E-state index contributed by atoms with van der Waals surface area (Å²) in [4.78, 5) is 11.7. The van der Waals surface area contributed by atoms with E-state index < -0.39 is 0 Å². The Morgan fingerprint density at radius 3 is 3.06 bits per heavy atom. The van der Waals surface area contributed by atoms with Gasteiger partial charge in [0.05, 0.1) is 0 Å². The fourth-order valence-corrected chi connectivity index (χ4v) is 2.72. The van der Waals surface area contributed by atoms with E-state index in [0.29, 0.717) is 18.4 Å². The molecule has 0 saturated heterocycles. The molecule has 0 aromatic heterocycles. The van der Waals surface area contributed by atoms with E-state index in [9.17, 15) is 4.79 Å². The van der Waals surface area contributed by atoms with Gasteiger partial charge in [-0.1, -0.05) is 19.1 Å². The molecule has 1 aliphatic rings. The van der Waals surface area contributed by atoms with Crippen molar-refractivity contribution in [3.8, 4) is 0 Å². The molecule has 16 heavy (non-hydrogen) atoms. The first-order valence-corrected chi connectivity index (χ1v) is 7.41. The highest BCUT2D eigenvalue weighted by Gasteiger charge is 2.15. The van der Waals surface area contributed by atoms with Crippen LogP contribution in [0, 0.1) is 5.92 Å². The van der Waals surface area contributed by atoms with Crippen LogP contribution in [0.15, 0.2) is 12.2 Å². The molecule has 0 aliphatic heterocycles. The smallest absolute Gasteiger partial charge is 0.220 e. The van der Waals surface area contributed by atoms with E-state index in [1.807, 2.05) is 11.8 Å². The maximum absolute atomic E-state index is 11.7. The Labute approximate surface area is 103 Å². The van der Waals surface area contributed by atoms with Crippen LogP contribution in [0.25, 0.3) is 0 Å². The second-order valence-electron chi connectivity index (χ2n) is 4.42. The zero-order valence-corrected chi connectivity index (χ0v) is 11.2. The van der Waals surface area contributed by atoms with Gasteiger partial charge in [0.25, 0.3) is 0 Å². The molecule has 92 valence electrons. The first-order chi connectivity index (χ1) is 7.72. The average Bonchev–Trinajstić information content (AvgIpc) is 2.70. The van der Waals surface area contributed by atoms with Crippen molar-refractivity contribution in [2.45, 2.75) is 45.6 Å². The quantitative estimate of drug-likeness (QED) is 0.548. The van der Waals surface area contributed by atoms with E-state index in [1.165, 1.54) is 0 Å². The molecule has 0 unspecified atom stereocenters. The fraction of sp³-hybridized carbons (Fsp3) is 0.769. The average molecular weight is 241 g/mol. The zero-order chi connectivity index (χ0) is 11.8. The molecular formula is C13H23NOS. The second kappa shape index (κ2) is 7.77. The summed E-state index contributed by atoms with van der Waals surface area (Å²) in [5.74, 6) is 3.00. The van der Waals surface area contributed by atoms with Crippen LogP contribution in [-0.2, 0) is 4.79 Å². The van der Waals surface area contributed by atoms with Crippen LogP contribution < -0.4 is 5.32 Å². The van der Waals surface area contributed by atoms with Gasteiger partial charge in [0.15, 0.2) is 0 Å². The molecule has 0 bridgehead atoms. The molecule has 0 fully saturated rings. The summed E-state index contributed by atoms with van der Waals surface area (Å²) < 4.78 is 0. The van der Waals surface area contributed by atoms with Crippen molar-refractivity contribution in [3.63, 3.8) is 0 Å². The number of rotatable bonds is 7. The van der Waals surface area contributed by atoms with Crippen LogP contribution in [0.5, 0.6) is 0 Å². The largest absolute Gasteiger partial charge is 0.354 e. The standard InChI is InChI=1S/C13H23NOS/c1-3-16-9-8-11(2)14-13(15)10-12-6-4-5-7-12/h4,6,11-12H,3,5,7-10H2,1-2H3,(H,14,15)/t11-,12+/m0/s1. The maximum atomic E-state index is 11.7. The number of thioether (sulfide) groups is 1. The molecule has 0 radical (unpaired) electrons. The van der Waals surface area contributed by atoms with Crippen molar-refractivity contribution in [1.82, 2.24) is 5.32 Å². The molecule has 2 atom stereocenters. The predicted molar refractivity (Wildman–Crippen MR) is 71.7 cm³/mol.